The number of benzene rings is 1. The van der Waals surface area contributed by atoms with Crippen molar-refractivity contribution < 1.29 is 4.79 Å². The van der Waals surface area contributed by atoms with Crippen LogP contribution in [0.1, 0.15) is 30.7 Å². The predicted octanol–water partition coefficient (Wildman–Crippen LogP) is 3.23. The van der Waals surface area contributed by atoms with Gasteiger partial charge in [-0.2, -0.15) is 0 Å². The highest BCUT2D eigenvalue weighted by Crippen LogP contribution is 2.23. The van der Waals surface area contributed by atoms with Crippen LogP contribution in [-0.2, 0) is 4.79 Å². The van der Waals surface area contributed by atoms with E-state index in [1.165, 1.54) is 5.56 Å². The van der Waals surface area contributed by atoms with Gasteiger partial charge in [0.25, 0.3) is 0 Å². The largest absolute Gasteiger partial charge is 0.349 e. The molecule has 0 fully saturated rings. The number of carbonyl (C=O) groups is 1. The van der Waals surface area contributed by atoms with Crippen LogP contribution in [0.5, 0.6) is 0 Å². The topological polar surface area (TPSA) is 51.0 Å². The van der Waals surface area contributed by atoms with Gasteiger partial charge in [-0.15, -0.1) is 10.2 Å². The molecule has 0 atom stereocenters. The van der Waals surface area contributed by atoms with Crippen molar-refractivity contribution in [1.29, 1.82) is 0 Å². The Labute approximate surface area is 142 Å². The molecule has 2 rings (SSSR count). The van der Waals surface area contributed by atoms with Crippen molar-refractivity contribution in [2.75, 3.05) is 19.8 Å². The Bertz CT molecular complexity index is 666. The molecule has 0 aliphatic carbocycles. The molecule has 0 N–H and O–H groups in total. The number of hydrogen-bond donors (Lipinski definition) is 0. The fourth-order valence-corrected chi connectivity index (χ4v) is 3.26. The van der Waals surface area contributed by atoms with Gasteiger partial charge in [-0.1, -0.05) is 23.9 Å². The molecule has 0 aliphatic heterocycles. The molecule has 2 aromatic rings. The molecule has 0 spiro atoms. The summed E-state index contributed by atoms with van der Waals surface area (Å²) >= 11 is 1.69. The minimum atomic E-state index is 0.189. The summed E-state index contributed by atoms with van der Waals surface area (Å²) in [5.74, 6) is 2.01. The maximum Gasteiger partial charge on any atom is 0.222 e. The van der Waals surface area contributed by atoms with Crippen molar-refractivity contribution >= 4 is 17.7 Å². The highest BCUT2D eigenvalue weighted by Gasteiger charge is 2.11. The Kier molecular flexibility index (Phi) is 6.21. The zero-order valence-electron chi connectivity index (χ0n) is 14.2. The lowest BCUT2D eigenvalue weighted by molar-refractivity contribution is -0.128. The zero-order chi connectivity index (χ0) is 16.8. The van der Waals surface area contributed by atoms with Crippen LogP contribution >= 0.6 is 11.8 Å². The third kappa shape index (κ3) is 4.82. The molecule has 0 bridgehead atoms. The van der Waals surface area contributed by atoms with Gasteiger partial charge in [0.05, 0.1) is 0 Å². The van der Waals surface area contributed by atoms with E-state index in [0.717, 1.165) is 35.3 Å². The van der Waals surface area contributed by atoms with Gasteiger partial charge < -0.3 is 4.90 Å². The number of aryl methyl sites for hydroxylation is 2. The summed E-state index contributed by atoms with van der Waals surface area (Å²) in [5, 5.41) is 9.40. The van der Waals surface area contributed by atoms with Crippen molar-refractivity contribution in [2.45, 2.75) is 38.3 Å². The Morgan fingerprint density at radius 1 is 1.22 bits per heavy atom. The second-order valence-corrected chi connectivity index (χ2v) is 6.86. The van der Waals surface area contributed by atoms with E-state index < -0.39 is 0 Å². The van der Waals surface area contributed by atoms with Crippen LogP contribution in [-0.4, -0.2) is 45.4 Å². The predicted molar refractivity (Wildman–Crippen MR) is 94.1 cm³/mol. The standard InChI is InChI=1S/C17H24N4OS/c1-13-8-7-9-15(12-13)21-14(2)18-19-17(21)23-11-6-5-10-16(22)20(3)4/h7-9,12H,5-6,10-11H2,1-4H3. The third-order valence-electron chi connectivity index (χ3n) is 3.57. The number of thioether (sulfide) groups is 1. The van der Waals surface area contributed by atoms with Crippen LogP contribution in [0.2, 0.25) is 0 Å². The molecule has 124 valence electrons. The van der Waals surface area contributed by atoms with Crippen LogP contribution in [0.25, 0.3) is 5.69 Å². The fraction of sp³-hybridized carbons (Fsp3) is 0.471. The van der Waals surface area contributed by atoms with Crippen molar-refractivity contribution in [3.63, 3.8) is 0 Å². The second-order valence-electron chi connectivity index (χ2n) is 5.80. The van der Waals surface area contributed by atoms with E-state index in [-0.39, 0.29) is 5.91 Å². The van der Waals surface area contributed by atoms with Crippen molar-refractivity contribution in [3.05, 3.63) is 35.7 Å². The fourth-order valence-electron chi connectivity index (χ4n) is 2.27. The van der Waals surface area contributed by atoms with Gasteiger partial charge >= 0.3 is 0 Å². The average Bonchev–Trinajstić information content (AvgIpc) is 2.87. The first-order valence-electron chi connectivity index (χ1n) is 7.81. The van der Waals surface area contributed by atoms with E-state index in [1.807, 2.05) is 13.0 Å². The SMILES string of the molecule is Cc1cccc(-n2c(C)nnc2SCCCCC(=O)N(C)C)c1. The van der Waals surface area contributed by atoms with Crippen molar-refractivity contribution in [2.24, 2.45) is 0 Å². The van der Waals surface area contributed by atoms with Gasteiger partial charge in [0.15, 0.2) is 5.16 Å². The molecule has 23 heavy (non-hydrogen) atoms. The van der Waals surface area contributed by atoms with Gasteiger partial charge in [-0.3, -0.25) is 9.36 Å². The van der Waals surface area contributed by atoms with Crippen LogP contribution in [0, 0.1) is 13.8 Å². The van der Waals surface area contributed by atoms with Gasteiger partial charge in [0.1, 0.15) is 5.82 Å². The number of rotatable bonds is 7. The summed E-state index contributed by atoms with van der Waals surface area (Å²) in [6, 6.07) is 8.34. The van der Waals surface area contributed by atoms with Crippen LogP contribution in [0.4, 0.5) is 0 Å². The lowest BCUT2D eigenvalue weighted by Crippen LogP contribution is -2.21. The Morgan fingerprint density at radius 2 is 2.00 bits per heavy atom. The molecule has 0 aliphatic rings. The van der Waals surface area contributed by atoms with E-state index in [1.54, 1.807) is 30.8 Å². The summed E-state index contributed by atoms with van der Waals surface area (Å²) in [7, 11) is 3.59. The average molecular weight is 332 g/mol. The molecular formula is C17H24N4OS. The Morgan fingerprint density at radius 3 is 2.70 bits per heavy atom. The molecule has 0 saturated heterocycles. The van der Waals surface area contributed by atoms with Crippen molar-refractivity contribution in [1.82, 2.24) is 19.7 Å². The van der Waals surface area contributed by atoms with Gasteiger partial charge in [-0.25, -0.2) is 0 Å². The molecule has 0 saturated carbocycles. The first-order valence-corrected chi connectivity index (χ1v) is 8.79. The lowest BCUT2D eigenvalue weighted by atomic mass is 10.2. The third-order valence-corrected chi connectivity index (χ3v) is 4.59. The summed E-state index contributed by atoms with van der Waals surface area (Å²) < 4.78 is 2.09. The number of amides is 1. The summed E-state index contributed by atoms with van der Waals surface area (Å²) in [6.07, 6.45) is 2.50. The molecule has 6 heteroatoms. The van der Waals surface area contributed by atoms with Gasteiger partial charge in [-0.05, 0) is 44.4 Å². The summed E-state index contributed by atoms with van der Waals surface area (Å²) in [5.41, 5.74) is 2.31. The highest BCUT2D eigenvalue weighted by atomic mass is 32.2. The molecule has 5 nitrogen and oxygen atoms in total. The van der Waals surface area contributed by atoms with E-state index in [9.17, 15) is 4.79 Å². The van der Waals surface area contributed by atoms with Crippen LogP contribution in [0.3, 0.4) is 0 Å². The Hall–Kier alpha value is -1.82. The minimum absolute atomic E-state index is 0.189. The molecule has 1 heterocycles. The second kappa shape index (κ2) is 8.15. The number of nitrogens with zero attached hydrogens (tertiary/aromatic N) is 4. The lowest BCUT2D eigenvalue weighted by Gasteiger charge is -2.10. The maximum atomic E-state index is 11.5. The minimum Gasteiger partial charge on any atom is -0.349 e. The molecule has 1 aromatic carbocycles. The summed E-state index contributed by atoms with van der Waals surface area (Å²) in [4.78, 5) is 13.2. The number of unbranched alkanes of at least 4 members (excludes halogenated alkanes) is 1. The maximum absolute atomic E-state index is 11.5. The quantitative estimate of drug-likeness (QED) is 0.577. The molecule has 0 radical (unpaired) electrons. The monoisotopic (exact) mass is 332 g/mol. The Balaban J connectivity index is 1.93. The molecule has 1 amide bonds. The number of carbonyl (C=O) groups excluding carboxylic acids is 1. The normalized spacial score (nSPS) is 10.8. The van der Waals surface area contributed by atoms with Crippen LogP contribution < -0.4 is 0 Å². The smallest absolute Gasteiger partial charge is 0.222 e. The molecular weight excluding hydrogens is 308 g/mol. The van der Waals surface area contributed by atoms with Gasteiger partial charge in [0, 0.05) is 32.0 Å². The van der Waals surface area contributed by atoms with Crippen LogP contribution in [0.15, 0.2) is 29.4 Å². The first kappa shape index (κ1) is 17.5. The van der Waals surface area contributed by atoms with E-state index in [4.69, 9.17) is 0 Å². The first-order chi connectivity index (χ1) is 11.0. The summed E-state index contributed by atoms with van der Waals surface area (Å²) in [6.45, 7) is 4.05. The number of hydrogen-bond acceptors (Lipinski definition) is 4. The van der Waals surface area contributed by atoms with Crippen molar-refractivity contribution in [3.8, 4) is 5.69 Å². The zero-order valence-corrected chi connectivity index (χ0v) is 15.1. The van der Waals surface area contributed by atoms with E-state index in [0.29, 0.717) is 6.42 Å². The van der Waals surface area contributed by atoms with E-state index in [2.05, 4.69) is 39.9 Å². The number of aromatic nitrogens is 3. The van der Waals surface area contributed by atoms with Gasteiger partial charge in [0.2, 0.25) is 5.91 Å². The molecule has 0 unspecified atom stereocenters. The van der Waals surface area contributed by atoms with E-state index >= 15 is 0 Å². The highest BCUT2D eigenvalue weighted by molar-refractivity contribution is 7.99. The molecule has 1 aromatic heterocycles.